The molecular weight excluding hydrogens is 194 g/mol. The number of fused-ring (bicyclic) bond motifs is 2. The smallest absolute Gasteiger partial charge is 0.339 e. The number of ether oxygens (including phenoxy) is 2. The number of esters is 1. The van der Waals surface area contributed by atoms with Gasteiger partial charge in [-0.2, -0.15) is 0 Å². The fourth-order valence-corrected chi connectivity index (χ4v) is 2.00. The summed E-state index contributed by atoms with van der Waals surface area (Å²) in [5.41, 5.74) is -0.711. The number of carbonyl (C=O) groups excluding carboxylic acids is 1. The molecule has 2 atom stereocenters. The van der Waals surface area contributed by atoms with Gasteiger partial charge < -0.3 is 14.8 Å². The predicted molar refractivity (Wildman–Crippen MR) is 49.0 cm³/mol. The third-order valence-corrected chi connectivity index (χ3v) is 2.70. The maximum atomic E-state index is 11.3. The summed E-state index contributed by atoms with van der Waals surface area (Å²) < 4.78 is 10.2. The van der Waals surface area contributed by atoms with Crippen LogP contribution in [0.5, 0.6) is 0 Å². The predicted octanol–water partition coefficient (Wildman–Crippen LogP) is 0.102. The molecule has 76 valence electrons. The first-order chi connectivity index (χ1) is 5.60. The van der Waals surface area contributed by atoms with Crippen molar-refractivity contribution in [2.24, 2.45) is 0 Å². The van der Waals surface area contributed by atoms with Gasteiger partial charge in [-0.1, -0.05) is 0 Å². The first-order valence-electron chi connectivity index (χ1n) is 4.08. The summed E-state index contributed by atoms with van der Waals surface area (Å²) in [6.45, 7) is 3.24. The normalized spacial score (nSPS) is 41.4. The fraction of sp³-hybridized carbons (Fsp3) is 0.875. The standard InChI is InChI=1S/C8H13NO3.ClH/c1-7-3-8(4-9-7,12-5-7)6(10)11-2;/h9H,3-5H2,1-2H3;1H. The summed E-state index contributed by atoms with van der Waals surface area (Å²) in [7, 11) is 1.40. The van der Waals surface area contributed by atoms with E-state index < -0.39 is 5.60 Å². The van der Waals surface area contributed by atoms with Crippen LogP contribution < -0.4 is 5.32 Å². The van der Waals surface area contributed by atoms with Gasteiger partial charge in [0.2, 0.25) is 0 Å². The van der Waals surface area contributed by atoms with E-state index in [4.69, 9.17) is 9.47 Å². The van der Waals surface area contributed by atoms with Crippen molar-refractivity contribution in [1.82, 2.24) is 5.32 Å². The molecule has 2 unspecified atom stereocenters. The number of nitrogens with one attached hydrogen (secondary N) is 1. The van der Waals surface area contributed by atoms with Crippen LogP contribution in [0.1, 0.15) is 13.3 Å². The molecule has 1 N–H and O–H groups in total. The molecule has 5 heteroatoms. The lowest BCUT2D eigenvalue weighted by atomic mass is 9.96. The second-order valence-electron chi connectivity index (χ2n) is 3.87. The molecule has 0 spiro atoms. The van der Waals surface area contributed by atoms with Gasteiger partial charge in [-0.15, -0.1) is 12.4 Å². The summed E-state index contributed by atoms with van der Waals surface area (Å²) in [6, 6.07) is 0. The number of morpholine rings is 1. The van der Waals surface area contributed by atoms with E-state index in [1.165, 1.54) is 7.11 Å². The average molecular weight is 208 g/mol. The second-order valence-corrected chi connectivity index (χ2v) is 3.87. The third kappa shape index (κ3) is 1.43. The summed E-state index contributed by atoms with van der Waals surface area (Å²) in [4.78, 5) is 11.3. The molecule has 0 radical (unpaired) electrons. The van der Waals surface area contributed by atoms with E-state index in [2.05, 4.69) is 12.2 Å². The number of rotatable bonds is 1. The molecule has 2 aliphatic heterocycles. The Bertz CT molecular complexity index is 223. The van der Waals surface area contributed by atoms with Crippen LogP contribution in [-0.2, 0) is 14.3 Å². The van der Waals surface area contributed by atoms with E-state index in [1.807, 2.05) is 0 Å². The molecule has 0 aromatic heterocycles. The maximum Gasteiger partial charge on any atom is 0.339 e. The zero-order chi connectivity index (χ0) is 8.82. The van der Waals surface area contributed by atoms with Gasteiger partial charge in [-0.05, 0) is 6.92 Å². The first kappa shape index (κ1) is 10.8. The monoisotopic (exact) mass is 207 g/mol. The molecule has 2 rings (SSSR count). The van der Waals surface area contributed by atoms with E-state index in [-0.39, 0.29) is 23.9 Å². The third-order valence-electron chi connectivity index (χ3n) is 2.70. The van der Waals surface area contributed by atoms with Crippen molar-refractivity contribution < 1.29 is 14.3 Å². The molecule has 2 bridgehead atoms. The molecule has 0 aromatic carbocycles. The molecule has 0 saturated carbocycles. The minimum atomic E-state index is -0.691. The highest BCUT2D eigenvalue weighted by Crippen LogP contribution is 2.39. The Labute approximate surface area is 83.4 Å². The topological polar surface area (TPSA) is 47.6 Å². The van der Waals surface area contributed by atoms with E-state index in [0.717, 1.165) is 6.42 Å². The van der Waals surface area contributed by atoms with Gasteiger partial charge in [-0.3, -0.25) is 0 Å². The van der Waals surface area contributed by atoms with Gasteiger partial charge in [0.1, 0.15) is 0 Å². The van der Waals surface area contributed by atoms with E-state index in [0.29, 0.717) is 13.2 Å². The minimum absolute atomic E-state index is 0. The quantitative estimate of drug-likeness (QED) is 0.620. The molecule has 4 nitrogen and oxygen atoms in total. The fourth-order valence-electron chi connectivity index (χ4n) is 2.00. The van der Waals surface area contributed by atoms with Crippen LogP contribution in [0.2, 0.25) is 0 Å². The number of hydrogen-bond acceptors (Lipinski definition) is 4. The summed E-state index contributed by atoms with van der Waals surface area (Å²) in [5.74, 6) is -0.253. The van der Waals surface area contributed by atoms with Gasteiger partial charge in [-0.25, -0.2) is 4.79 Å². The van der Waals surface area contributed by atoms with Crippen LogP contribution in [0.4, 0.5) is 0 Å². The van der Waals surface area contributed by atoms with Crippen LogP contribution >= 0.6 is 12.4 Å². The summed E-state index contributed by atoms with van der Waals surface area (Å²) >= 11 is 0. The van der Waals surface area contributed by atoms with Crippen molar-refractivity contribution in [3.05, 3.63) is 0 Å². The van der Waals surface area contributed by atoms with Gasteiger partial charge >= 0.3 is 5.97 Å². The van der Waals surface area contributed by atoms with E-state index in [9.17, 15) is 4.79 Å². The maximum absolute atomic E-state index is 11.3. The van der Waals surface area contributed by atoms with Crippen molar-refractivity contribution in [2.75, 3.05) is 20.3 Å². The second kappa shape index (κ2) is 3.12. The molecule has 0 aromatic rings. The van der Waals surface area contributed by atoms with E-state index >= 15 is 0 Å². The Morgan fingerprint density at radius 3 is 2.62 bits per heavy atom. The van der Waals surface area contributed by atoms with Gasteiger partial charge in [0, 0.05) is 18.5 Å². The molecule has 2 saturated heterocycles. The van der Waals surface area contributed by atoms with E-state index in [1.54, 1.807) is 0 Å². The molecule has 2 fully saturated rings. The van der Waals surface area contributed by atoms with Gasteiger partial charge in [0.25, 0.3) is 0 Å². The average Bonchev–Trinajstić information content (AvgIpc) is 2.57. The molecule has 13 heavy (non-hydrogen) atoms. The number of halogens is 1. The van der Waals surface area contributed by atoms with Gasteiger partial charge in [0.15, 0.2) is 5.60 Å². The summed E-state index contributed by atoms with van der Waals surface area (Å²) in [5, 5.41) is 3.26. The molecule has 2 heterocycles. The van der Waals surface area contributed by atoms with Crippen molar-refractivity contribution in [2.45, 2.75) is 24.5 Å². The highest BCUT2D eigenvalue weighted by Gasteiger charge is 2.58. The van der Waals surface area contributed by atoms with Crippen molar-refractivity contribution in [3.63, 3.8) is 0 Å². The Hall–Kier alpha value is -0.320. The molecule has 0 amide bonds. The minimum Gasteiger partial charge on any atom is -0.467 e. The van der Waals surface area contributed by atoms with Crippen molar-refractivity contribution in [3.8, 4) is 0 Å². The Kier molecular flexibility index (Phi) is 2.58. The van der Waals surface area contributed by atoms with Gasteiger partial charge in [0.05, 0.1) is 13.7 Å². The van der Waals surface area contributed by atoms with Crippen LogP contribution in [0.25, 0.3) is 0 Å². The van der Waals surface area contributed by atoms with Crippen LogP contribution in [0.15, 0.2) is 0 Å². The largest absolute Gasteiger partial charge is 0.467 e. The number of carbonyl (C=O) groups is 1. The number of methoxy groups -OCH3 is 1. The number of hydrogen-bond donors (Lipinski definition) is 1. The zero-order valence-electron chi connectivity index (χ0n) is 7.75. The summed E-state index contributed by atoms with van der Waals surface area (Å²) in [6.07, 6.45) is 0.729. The lowest BCUT2D eigenvalue weighted by Crippen LogP contribution is -2.48. The van der Waals surface area contributed by atoms with Crippen molar-refractivity contribution in [1.29, 1.82) is 0 Å². The highest BCUT2D eigenvalue weighted by atomic mass is 35.5. The Balaban J connectivity index is 0.000000845. The SMILES string of the molecule is COC(=O)C12CNC(C)(CO1)C2.Cl. The zero-order valence-corrected chi connectivity index (χ0v) is 8.57. The lowest BCUT2D eigenvalue weighted by molar-refractivity contribution is -0.163. The van der Waals surface area contributed by atoms with Crippen molar-refractivity contribution >= 4 is 18.4 Å². The first-order valence-corrected chi connectivity index (χ1v) is 4.08. The molecule has 0 aliphatic carbocycles. The Morgan fingerprint density at radius 2 is 2.31 bits per heavy atom. The highest BCUT2D eigenvalue weighted by molar-refractivity contribution is 5.85. The molecular formula is C8H14ClNO3. The van der Waals surface area contributed by atoms with Crippen LogP contribution in [-0.4, -0.2) is 37.4 Å². The molecule has 2 aliphatic rings. The van der Waals surface area contributed by atoms with Crippen LogP contribution in [0.3, 0.4) is 0 Å². The lowest BCUT2D eigenvalue weighted by Gasteiger charge is -2.25. The Morgan fingerprint density at radius 1 is 1.62 bits per heavy atom. The van der Waals surface area contributed by atoms with Crippen LogP contribution in [0, 0.1) is 0 Å².